The molecule has 2 aromatic rings. The van der Waals surface area contributed by atoms with Gasteiger partial charge >= 0.3 is 5.97 Å². The number of carbonyl (C=O) groups excluding carboxylic acids is 1. The first-order chi connectivity index (χ1) is 8.75. The van der Waals surface area contributed by atoms with Gasteiger partial charge in [-0.3, -0.25) is 9.78 Å². The summed E-state index contributed by atoms with van der Waals surface area (Å²) >= 11 is 0. The van der Waals surface area contributed by atoms with Crippen molar-refractivity contribution in [1.29, 1.82) is 0 Å². The molecule has 0 amide bonds. The van der Waals surface area contributed by atoms with Crippen LogP contribution in [0.3, 0.4) is 0 Å². The SMILES string of the molecule is CC(=O)Oc1ccccc1C=Cc1ccccn1. The lowest BCUT2D eigenvalue weighted by molar-refractivity contribution is -0.131. The van der Waals surface area contributed by atoms with E-state index in [9.17, 15) is 4.79 Å². The lowest BCUT2D eigenvalue weighted by Crippen LogP contribution is -2.02. The Morgan fingerprint density at radius 2 is 1.89 bits per heavy atom. The Morgan fingerprint density at radius 3 is 2.61 bits per heavy atom. The molecule has 0 saturated heterocycles. The molecule has 0 atom stereocenters. The minimum atomic E-state index is -0.325. The topological polar surface area (TPSA) is 39.2 Å². The maximum atomic E-state index is 11.0. The predicted octanol–water partition coefficient (Wildman–Crippen LogP) is 3.18. The van der Waals surface area contributed by atoms with Crippen molar-refractivity contribution in [2.24, 2.45) is 0 Å². The minimum Gasteiger partial charge on any atom is -0.426 e. The van der Waals surface area contributed by atoms with E-state index in [1.165, 1.54) is 6.92 Å². The highest BCUT2D eigenvalue weighted by Crippen LogP contribution is 2.20. The van der Waals surface area contributed by atoms with Crippen LogP contribution in [0.5, 0.6) is 5.75 Å². The molecular weight excluding hydrogens is 226 g/mol. The zero-order valence-electron chi connectivity index (χ0n) is 10.0. The smallest absolute Gasteiger partial charge is 0.308 e. The predicted molar refractivity (Wildman–Crippen MR) is 70.9 cm³/mol. The number of carbonyl (C=O) groups is 1. The third-order valence-corrected chi connectivity index (χ3v) is 2.29. The fourth-order valence-electron chi connectivity index (χ4n) is 1.52. The van der Waals surface area contributed by atoms with Crippen LogP contribution in [-0.4, -0.2) is 11.0 Å². The average Bonchev–Trinajstić information content (AvgIpc) is 2.38. The number of benzene rings is 1. The van der Waals surface area contributed by atoms with E-state index >= 15 is 0 Å². The molecule has 3 heteroatoms. The quantitative estimate of drug-likeness (QED) is 0.610. The highest BCUT2D eigenvalue weighted by Gasteiger charge is 2.02. The Kier molecular flexibility index (Phi) is 3.86. The van der Waals surface area contributed by atoms with Gasteiger partial charge < -0.3 is 4.74 Å². The van der Waals surface area contributed by atoms with Crippen LogP contribution in [0, 0.1) is 0 Å². The molecule has 0 saturated carbocycles. The summed E-state index contributed by atoms with van der Waals surface area (Å²) in [5.41, 5.74) is 1.70. The number of pyridine rings is 1. The van der Waals surface area contributed by atoms with Gasteiger partial charge in [0.25, 0.3) is 0 Å². The standard InChI is InChI=1S/C15H13NO2/c1-12(17)18-15-8-3-2-6-13(15)9-10-14-7-4-5-11-16-14/h2-11H,1H3. The van der Waals surface area contributed by atoms with Gasteiger partial charge in [-0.05, 0) is 30.4 Å². The van der Waals surface area contributed by atoms with E-state index in [0.29, 0.717) is 5.75 Å². The first-order valence-corrected chi connectivity index (χ1v) is 5.62. The Hall–Kier alpha value is -2.42. The van der Waals surface area contributed by atoms with E-state index in [2.05, 4.69) is 4.98 Å². The molecule has 0 aliphatic carbocycles. The van der Waals surface area contributed by atoms with Crippen molar-refractivity contribution in [3.8, 4) is 5.75 Å². The van der Waals surface area contributed by atoms with E-state index < -0.39 is 0 Å². The maximum Gasteiger partial charge on any atom is 0.308 e. The van der Waals surface area contributed by atoms with Crippen molar-refractivity contribution in [3.05, 3.63) is 59.9 Å². The van der Waals surface area contributed by atoms with Crippen LogP contribution >= 0.6 is 0 Å². The van der Waals surface area contributed by atoms with Crippen LogP contribution in [0.25, 0.3) is 12.2 Å². The molecule has 0 bridgehead atoms. The Bertz CT molecular complexity index is 562. The molecule has 0 aliphatic rings. The fraction of sp³-hybridized carbons (Fsp3) is 0.0667. The van der Waals surface area contributed by atoms with Crippen molar-refractivity contribution >= 4 is 18.1 Å². The van der Waals surface area contributed by atoms with Gasteiger partial charge in [0.1, 0.15) is 5.75 Å². The summed E-state index contributed by atoms with van der Waals surface area (Å²) in [5, 5.41) is 0. The Morgan fingerprint density at radius 1 is 1.11 bits per heavy atom. The second-order valence-corrected chi connectivity index (χ2v) is 3.72. The molecule has 0 unspecified atom stereocenters. The molecule has 0 fully saturated rings. The summed E-state index contributed by atoms with van der Waals surface area (Å²) < 4.78 is 5.12. The molecule has 0 N–H and O–H groups in total. The minimum absolute atomic E-state index is 0.325. The monoisotopic (exact) mass is 239 g/mol. The third-order valence-electron chi connectivity index (χ3n) is 2.29. The molecule has 90 valence electrons. The second-order valence-electron chi connectivity index (χ2n) is 3.72. The van der Waals surface area contributed by atoms with Crippen molar-refractivity contribution < 1.29 is 9.53 Å². The van der Waals surface area contributed by atoms with E-state index in [4.69, 9.17) is 4.74 Å². The highest BCUT2D eigenvalue weighted by atomic mass is 16.5. The normalized spacial score (nSPS) is 10.5. The molecule has 1 aromatic carbocycles. The van der Waals surface area contributed by atoms with Crippen LogP contribution in [0.4, 0.5) is 0 Å². The van der Waals surface area contributed by atoms with Crippen LogP contribution < -0.4 is 4.74 Å². The third kappa shape index (κ3) is 3.28. The summed E-state index contributed by atoms with van der Waals surface area (Å²) in [6.07, 6.45) is 5.49. The number of hydrogen-bond donors (Lipinski definition) is 0. The summed E-state index contributed by atoms with van der Waals surface area (Å²) in [6.45, 7) is 1.39. The number of ether oxygens (including phenoxy) is 1. The van der Waals surface area contributed by atoms with Crippen LogP contribution in [0.2, 0.25) is 0 Å². The maximum absolute atomic E-state index is 11.0. The molecule has 1 aromatic heterocycles. The Balaban J connectivity index is 2.23. The van der Waals surface area contributed by atoms with Gasteiger partial charge in [0.2, 0.25) is 0 Å². The number of para-hydroxylation sites is 1. The van der Waals surface area contributed by atoms with Gasteiger partial charge in [-0.2, -0.15) is 0 Å². The van der Waals surface area contributed by atoms with E-state index in [1.54, 1.807) is 12.3 Å². The summed E-state index contributed by atoms with van der Waals surface area (Å²) in [4.78, 5) is 15.2. The number of esters is 1. The van der Waals surface area contributed by atoms with Crippen molar-refractivity contribution in [1.82, 2.24) is 4.98 Å². The molecule has 3 nitrogen and oxygen atoms in total. The van der Waals surface area contributed by atoms with Gasteiger partial charge in [-0.25, -0.2) is 0 Å². The van der Waals surface area contributed by atoms with E-state index in [1.807, 2.05) is 48.6 Å². The number of nitrogens with zero attached hydrogens (tertiary/aromatic N) is 1. The lowest BCUT2D eigenvalue weighted by Gasteiger charge is -2.04. The van der Waals surface area contributed by atoms with Crippen LogP contribution in [0.1, 0.15) is 18.2 Å². The van der Waals surface area contributed by atoms with Gasteiger partial charge in [-0.15, -0.1) is 0 Å². The first-order valence-electron chi connectivity index (χ1n) is 5.62. The van der Waals surface area contributed by atoms with Crippen LogP contribution in [-0.2, 0) is 4.79 Å². The van der Waals surface area contributed by atoms with Crippen molar-refractivity contribution in [3.63, 3.8) is 0 Å². The molecule has 1 heterocycles. The van der Waals surface area contributed by atoms with Gasteiger partial charge in [-0.1, -0.05) is 24.3 Å². The second kappa shape index (κ2) is 5.77. The van der Waals surface area contributed by atoms with Gasteiger partial charge in [0.15, 0.2) is 0 Å². The molecule has 0 spiro atoms. The van der Waals surface area contributed by atoms with Crippen molar-refractivity contribution in [2.45, 2.75) is 6.92 Å². The zero-order valence-corrected chi connectivity index (χ0v) is 10.0. The first kappa shape index (κ1) is 12.0. The zero-order chi connectivity index (χ0) is 12.8. The largest absolute Gasteiger partial charge is 0.426 e. The average molecular weight is 239 g/mol. The van der Waals surface area contributed by atoms with E-state index in [-0.39, 0.29) is 5.97 Å². The number of rotatable bonds is 3. The summed E-state index contributed by atoms with van der Waals surface area (Å²) in [7, 11) is 0. The number of aromatic nitrogens is 1. The molecule has 2 rings (SSSR count). The summed E-state index contributed by atoms with van der Waals surface area (Å²) in [5.74, 6) is 0.228. The fourth-order valence-corrected chi connectivity index (χ4v) is 1.52. The molecular formula is C15H13NO2. The van der Waals surface area contributed by atoms with Gasteiger partial charge in [0.05, 0.1) is 5.69 Å². The van der Waals surface area contributed by atoms with Gasteiger partial charge in [0, 0.05) is 18.7 Å². The van der Waals surface area contributed by atoms with Crippen molar-refractivity contribution in [2.75, 3.05) is 0 Å². The molecule has 0 radical (unpaired) electrons. The highest BCUT2D eigenvalue weighted by molar-refractivity contribution is 5.75. The molecule has 0 aliphatic heterocycles. The molecule has 18 heavy (non-hydrogen) atoms. The van der Waals surface area contributed by atoms with Crippen LogP contribution in [0.15, 0.2) is 48.7 Å². The summed E-state index contributed by atoms with van der Waals surface area (Å²) in [6, 6.07) is 13.1. The number of hydrogen-bond acceptors (Lipinski definition) is 3. The lowest BCUT2D eigenvalue weighted by atomic mass is 10.1. The Labute approximate surface area is 106 Å². The van der Waals surface area contributed by atoms with E-state index in [0.717, 1.165) is 11.3 Å².